The van der Waals surface area contributed by atoms with Gasteiger partial charge in [-0.15, -0.1) is 0 Å². The summed E-state index contributed by atoms with van der Waals surface area (Å²) in [5.41, 5.74) is 5.30. The van der Waals surface area contributed by atoms with E-state index in [1.165, 1.54) is 11.1 Å². The molecule has 34 heavy (non-hydrogen) atoms. The van der Waals surface area contributed by atoms with Gasteiger partial charge in [0.15, 0.2) is 17.2 Å². The van der Waals surface area contributed by atoms with E-state index in [1.807, 2.05) is 54.6 Å². The van der Waals surface area contributed by atoms with Crippen molar-refractivity contribution in [3.63, 3.8) is 0 Å². The fourth-order valence-corrected chi connectivity index (χ4v) is 3.54. The van der Waals surface area contributed by atoms with Gasteiger partial charge in [-0.3, -0.25) is 0 Å². The molecule has 1 heterocycles. The van der Waals surface area contributed by atoms with Crippen LogP contribution in [0.15, 0.2) is 77.4 Å². The van der Waals surface area contributed by atoms with Gasteiger partial charge < -0.3 is 14.2 Å². The van der Waals surface area contributed by atoms with Crippen LogP contribution in [0.3, 0.4) is 0 Å². The van der Waals surface area contributed by atoms with Crippen molar-refractivity contribution in [2.45, 2.75) is 39.7 Å². The first kappa shape index (κ1) is 23.3. The van der Waals surface area contributed by atoms with Crippen LogP contribution in [-0.2, 0) is 21.6 Å². The first-order valence-corrected chi connectivity index (χ1v) is 11.2. The third-order valence-electron chi connectivity index (χ3n) is 5.62. The van der Waals surface area contributed by atoms with Crippen LogP contribution in [0, 0.1) is 6.92 Å². The number of esters is 1. The van der Waals surface area contributed by atoms with Gasteiger partial charge in [0, 0.05) is 5.56 Å². The Morgan fingerprint density at radius 2 is 1.65 bits per heavy atom. The fraction of sp³-hybridized carbons (Fsp3) is 0.241. The molecule has 0 radical (unpaired) electrons. The van der Waals surface area contributed by atoms with E-state index in [0.717, 1.165) is 16.7 Å². The second-order valence-electron chi connectivity index (χ2n) is 9.35. The predicted molar refractivity (Wildman–Crippen MR) is 134 cm³/mol. The van der Waals surface area contributed by atoms with Crippen molar-refractivity contribution >= 4 is 17.9 Å². The van der Waals surface area contributed by atoms with E-state index in [0.29, 0.717) is 24.0 Å². The Balaban J connectivity index is 1.51. The van der Waals surface area contributed by atoms with Gasteiger partial charge in [-0.25, -0.2) is 9.79 Å². The molecule has 0 aromatic heterocycles. The number of ether oxygens (including phenoxy) is 3. The van der Waals surface area contributed by atoms with Crippen LogP contribution in [0.4, 0.5) is 0 Å². The molecular formula is C29H29NO4. The Morgan fingerprint density at radius 1 is 0.941 bits per heavy atom. The van der Waals surface area contributed by atoms with Crippen LogP contribution in [0.5, 0.6) is 11.5 Å². The SMILES string of the molecule is COc1cc(C=C2N=C(c3ccc(C(C)(C)C)cc3)OC2=O)ccc1OCc1ccc(C)cc1. The Hall–Kier alpha value is -3.86. The summed E-state index contributed by atoms with van der Waals surface area (Å²) < 4.78 is 16.9. The minimum Gasteiger partial charge on any atom is -0.493 e. The summed E-state index contributed by atoms with van der Waals surface area (Å²) >= 11 is 0. The largest absolute Gasteiger partial charge is 0.493 e. The molecule has 0 atom stereocenters. The summed E-state index contributed by atoms with van der Waals surface area (Å²) in [5, 5.41) is 0. The molecule has 4 rings (SSSR count). The van der Waals surface area contributed by atoms with Gasteiger partial charge in [-0.05, 0) is 59.4 Å². The molecule has 5 heteroatoms. The number of cyclic esters (lactones) is 1. The van der Waals surface area contributed by atoms with Crippen LogP contribution in [-0.4, -0.2) is 19.0 Å². The lowest BCUT2D eigenvalue weighted by Crippen LogP contribution is -2.11. The first-order chi connectivity index (χ1) is 16.2. The van der Waals surface area contributed by atoms with Crippen LogP contribution in [0.1, 0.15) is 48.6 Å². The highest BCUT2D eigenvalue weighted by atomic mass is 16.6. The average Bonchev–Trinajstić information content (AvgIpc) is 3.18. The zero-order valence-electron chi connectivity index (χ0n) is 20.2. The summed E-state index contributed by atoms with van der Waals surface area (Å²) in [6.07, 6.45) is 1.69. The zero-order valence-corrected chi connectivity index (χ0v) is 20.2. The third-order valence-corrected chi connectivity index (χ3v) is 5.62. The van der Waals surface area contributed by atoms with Crippen molar-refractivity contribution in [3.8, 4) is 11.5 Å². The van der Waals surface area contributed by atoms with Crippen molar-refractivity contribution in [2.24, 2.45) is 4.99 Å². The number of aliphatic imine (C=N–C) groups is 1. The number of carbonyl (C=O) groups is 1. The molecule has 0 aliphatic carbocycles. The summed E-state index contributed by atoms with van der Waals surface area (Å²) in [6.45, 7) is 8.96. The van der Waals surface area contributed by atoms with E-state index in [9.17, 15) is 4.79 Å². The number of aryl methyl sites for hydroxylation is 1. The maximum absolute atomic E-state index is 12.4. The Kier molecular flexibility index (Phi) is 6.55. The van der Waals surface area contributed by atoms with Gasteiger partial charge in [0.05, 0.1) is 7.11 Å². The molecule has 0 spiro atoms. The molecule has 0 amide bonds. The van der Waals surface area contributed by atoms with E-state index >= 15 is 0 Å². The summed E-state index contributed by atoms with van der Waals surface area (Å²) in [6, 6.07) is 21.6. The predicted octanol–water partition coefficient (Wildman–Crippen LogP) is 6.22. The van der Waals surface area contributed by atoms with Gasteiger partial charge in [0.2, 0.25) is 5.90 Å². The molecule has 5 nitrogen and oxygen atoms in total. The Bertz CT molecular complexity index is 1250. The normalized spacial score (nSPS) is 14.7. The topological polar surface area (TPSA) is 57.1 Å². The first-order valence-electron chi connectivity index (χ1n) is 11.2. The highest BCUT2D eigenvalue weighted by Crippen LogP contribution is 2.31. The van der Waals surface area contributed by atoms with Crippen molar-refractivity contribution in [2.75, 3.05) is 7.11 Å². The number of carbonyl (C=O) groups excluding carboxylic acids is 1. The highest BCUT2D eigenvalue weighted by Gasteiger charge is 2.25. The second-order valence-corrected chi connectivity index (χ2v) is 9.35. The molecule has 0 bridgehead atoms. The molecule has 0 saturated carbocycles. The van der Waals surface area contributed by atoms with E-state index in [4.69, 9.17) is 14.2 Å². The number of hydrogen-bond donors (Lipinski definition) is 0. The molecule has 0 unspecified atom stereocenters. The fourth-order valence-electron chi connectivity index (χ4n) is 3.54. The average molecular weight is 456 g/mol. The van der Waals surface area contributed by atoms with E-state index in [1.54, 1.807) is 13.2 Å². The van der Waals surface area contributed by atoms with Gasteiger partial charge in [0.25, 0.3) is 0 Å². The van der Waals surface area contributed by atoms with Crippen molar-refractivity contribution in [1.82, 2.24) is 0 Å². The number of benzene rings is 3. The van der Waals surface area contributed by atoms with Crippen LogP contribution >= 0.6 is 0 Å². The van der Waals surface area contributed by atoms with E-state index in [-0.39, 0.29) is 11.1 Å². The van der Waals surface area contributed by atoms with E-state index < -0.39 is 5.97 Å². The summed E-state index contributed by atoms with van der Waals surface area (Å²) in [4.78, 5) is 16.9. The quantitative estimate of drug-likeness (QED) is 0.327. The van der Waals surface area contributed by atoms with Crippen molar-refractivity contribution in [1.29, 1.82) is 0 Å². The minimum absolute atomic E-state index is 0.0484. The number of nitrogens with zero attached hydrogens (tertiary/aromatic N) is 1. The zero-order chi connectivity index (χ0) is 24.3. The lowest BCUT2D eigenvalue weighted by molar-refractivity contribution is -0.129. The van der Waals surface area contributed by atoms with Gasteiger partial charge in [-0.2, -0.15) is 0 Å². The lowest BCUT2D eigenvalue weighted by atomic mass is 9.87. The van der Waals surface area contributed by atoms with Gasteiger partial charge >= 0.3 is 5.97 Å². The molecular weight excluding hydrogens is 426 g/mol. The Labute approximate surface area is 200 Å². The van der Waals surface area contributed by atoms with Crippen molar-refractivity contribution < 1.29 is 19.0 Å². The summed E-state index contributed by atoms with van der Waals surface area (Å²) in [5.74, 6) is 1.03. The van der Waals surface area contributed by atoms with Crippen LogP contribution in [0.25, 0.3) is 6.08 Å². The molecule has 1 aliphatic rings. The van der Waals surface area contributed by atoms with Gasteiger partial charge in [0.1, 0.15) is 6.61 Å². The number of rotatable bonds is 6. The number of hydrogen-bond acceptors (Lipinski definition) is 5. The standard InChI is InChI=1S/C29H29NO4/c1-19-6-8-20(9-7-19)18-33-25-15-10-21(17-26(25)32-5)16-24-28(31)34-27(30-24)22-11-13-23(14-12-22)29(2,3)4/h6-17H,18H2,1-5H3. The Morgan fingerprint density at radius 3 is 2.29 bits per heavy atom. The van der Waals surface area contributed by atoms with Crippen LogP contribution in [0.2, 0.25) is 0 Å². The van der Waals surface area contributed by atoms with E-state index in [2.05, 4.69) is 44.8 Å². The highest BCUT2D eigenvalue weighted by molar-refractivity contribution is 6.12. The monoisotopic (exact) mass is 455 g/mol. The molecule has 0 N–H and O–H groups in total. The molecule has 1 aliphatic heterocycles. The summed E-state index contributed by atoms with van der Waals surface area (Å²) in [7, 11) is 1.59. The van der Waals surface area contributed by atoms with Crippen molar-refractivity contribution in [3.05, 3.63) is 100 Å². The molecule has 174 valence electrons. The lowest BCUT2D eigenvalue weighted by Gasteiger charge is -2.18. The molecule has 0 saturated heterocycles. The third kappa shape index (κ3) is 5.37. The molecule has 0 fully saturated rings. The molecule has 3 aromatic carbocycles. The maximum atomic E-state index is 12.4. The minimum atomic E-state index is -0.478. The van der Waals surface area contributed by atoms with Gasteiger partial charge in [-0.1, -0.05) is 68.8 Å². The second kappa shape index (κ2) is 9.56. The number of methoxy groups -OCH3 is 1. The smallest absolute Gasteiger partial charge is 0.363 e. The molecule has 3 aromatic rings. The van der Waals surface area contributed by atoms with Crippen LogP contribution < -0.4 is 9.47 Å². The maximum Gasteiger partial charge on any atom is 0.363 e.